The number of nitrogens with two attached hydrogens (primary N) is 1. The number of halogens is 1. The summed E-state index contributed by atoms with van der Waals surface area (Å²) in [5, 5.41) is 0. The first-order chi connectivity index (χ1) is 9.57. The molecule has 1 fully saturated rings. The standard InChI is InChI=1S/C17H26N2O.ClH/c1-17(2)9-14-6-3-7-15(16(14)20-17)12-19-8-4-5-13(10-18)11-19;/h3,6-7,13H,4-5,8-12,18H2,1-2H3;1H. The maximum atomic E-state index is 6.17. The number of para-hydroxylation sites is 1. The van der Waals surface area contributed by atoms with Gasteiger partial charge in [0.15, 0.2) is 0 Å². The van der Waals surface area contributed by atoms with E-state index in [-0.39, 0.29) is 18.0 Å². The molecule has 0 amide bonds. The third-order valence-corrected chi connectivity index (χ3v) is 4.50. The zero-order valence-corrected chi connectivity index (χ0v) is 13.9. The van der Waals surface area contributed by atoms with E-state index in [0.717, 1.165) is 31.8 Å². The minimum absolute atomic E-state index is 0. The van der Waals surface area contributed by atoms with Crippen LogP contribution in [0.4, 0.5) is 0 Å². The molecule has 0 aliphatic carbocycles. The van der Waals surface area contributed by atoms with Gasteiger partial charge in [-0.3, -0.25) is 4.90 Å². The Bertz CT molecular complexity index is 490. The molecule has 118 valence electrons. The van der Waals surface area contributed by atoms with Crippen LogP contribution in [-0.4, -0.2) is 30.1 Å². The van der Waals surface area contributed by atoms with E-state index in [1.807, 2.05) is 0 Å². The Balaban J connectivity index is 0.00000161. The van der Waals surface area contributed by atoms with Crippen molar-refractivity contribution in [1.29, 1.82) is 0 Å². The third kappa shape index (κ3) is 3.71. The van der Waals surface area contributed by atoms with E-state index >= 15 is 0 Å². The predicted octanol–water partition coefficient (Wildman–Crippen LogP) is 2.99. The van der Waals surface area contributed by atoms with Crippen molar-refractivity contribution in [3.8, 4) is 5.75 Å². The molecule has 1 aromatic rings. The summed E-state index contributed by atoms with van der Waals surface area (Å²) in [6.07, 6.45) is 3.56. The van der Waals surface area contributed by atoms with Crippen molar-refractivity contribution in [3.63, 3.8) is 0 Å². The fourth-order valence-electron chi connectivity index (χ4n) is 3.53. The van der Waals surface area contributed by atoms with Gasteiger partial charge in [-0.2, -0.15) is 0 Å². The van der Waals surface area contributed by atoms with Crippen molar-refractivity contribution < 1.29 is 4.74 Å². The van der Waals surface area contributed by atoms with Gasteiger partial charge in [0, 0.05) is 25.1 Å². The van der Waals surface area contributed by atoms with E-state index in [2.05, 4.69) is 36.9 Å². The Kier molecular flexibility index (Phi) is 5.18. The van der Waals surface area contributed by atoms with Gasteiger partial charge in [-0.15, -0.1) is 12.4 Å². The molecule has 2 aliphatic heterocycles. The van der Waals surface area contributed by atoms with Crippen LogP contribution < -0.4 is 10.5 Å². The smallest absolute Gasteiger partial charge is 0.127 e. The van der Waals surface area contributed by atoms with Gasteiger partial charge in [-0.1, -0.05) is 18.2 Å². The second-order valence-corrected chi connectivity index (χ2v) is 6.92. The molecule has 2 aliphatic rings. The lowest BCUT2D eigenvalue weighted by molar-refractivity contribution is 0.131. The summed E-state index contributed by atoms with van der Waals surface area (Å²) in [5.74, 6) is 1.80. The zero-order chi connectivity index (χ0) is 14.2. The highest BCUT2D eigenvalue weighted by Crippen LogP contribution is 2.38. The molecule has 4 heteroatoms. The van der Waals surface area contributed by atoms with Crippen LogP contribution >= 0.6 is 12.4 Å². The molecule has 0 aromatic heterocycles. The predicted molar refractivity (Wildman–Crippen MR) is 89.2 cm³/mol. The van der Waals surface area contributed by atoms with Crippen molar-refractivity contribution in [1.82, 2.24) is 4.90 Å². The SMILES string of the molecule is CC1(C)Cc2cccc(CN3CCCC(CN)C3)c2O1.Cl. The van der Waals surface area contributed by atoms with Gasteiger partial charge >= 0.3 is 0 Å². The number of rotatable bonds is 3. The quantitative estimate of drug-likeness (QED) is 0.933. The first-order valence-electron chi connectivity index (χ1n) is 7.79. The number of hydrogen-bond acceptors (Lipinski definition) is 3. The van der Waals surface area contributed by atoms with E-state index in [9.17, 15) is 0 Å². The van der Waals surface area contributed by atoms with Crippen LogP contribution in [0, 0.1) is 5.92 Å². The Hall–Kier alpha value is -0.770. The van der Waals surface area contributed by atoms with Gasteiger partial charge in [-0.25, -0.2) is 0 Å². The van der Waals surface area contributed by atoms with E-state index < -0.39 is 0 Å². The molecule has 0 saturated carbocycles. The van der Waals surface area contributed by atoms with Crippen molar-refractivity contribution >= 4 is 12.4 Å². The van der Waals surface area contributed by atoms with Crippen molar-refractivity contribution in [2.24, 2.45) is 11.7 Å². The lowest BCUT2D eigenvalue weighted by atomic mass is 9.97. The number of likely N-dealkylation sites (tertiary alicyclic amines) is 1. The minimum atomic E-state index is -0.0554. The average molecular weight is 311 g/mol. The van der Waals surface area contributed by atoms with Gasteiger partial charge in [-0.05, 0) is 51.3 Å². The van der Waals surface area contributed by atoms with E-state index in [0.29, 0.717) is 5.92 Å². The maximum absolute atomic E-state index is 6.17. The van der Waals surface area contributed by atoms with Gasteiger partial charge in [0.05, 0.1) is 0 Å². The highest BCUT2D eigenvalue weighted by atomic mass is 35.5. The lowest BCUT2D eigenvalue weighted by Gasteiger charge is -2.32. The highest BCUT2D eigenvalue weighted by Gasteiger charge is 2.32. The van der Waals surface area contributed by atoms with E-state index in [4.69, 9.17) is 10.5 Å². The normalized spacial score (nSPS) is 24.0. The molecule has 1 aromatic carbocycles. The minimum Gasteiger partial charge on any atom is -0.487 e. The number of piperidine rings is 1. The molecule has 1 unspecified atom stereocenters. The summed E-state index contributed by atoms with van der Waals surface area (Å²) in [4.78, 5) is 2.53. The summed E-state index contributed by atoms with van der Waals surface area (Å²) in [5.41, 5.74) is 8.48. The molecule has 1 saturated heterocycles. The van der Waals surface area contributed by atoms with E-state index in [1.165, 1.54) is 30.5 Å². The topological polar surface area (TPSA) is 38.5 Å². The van der Waals surface area contributed by atoms with Crippen LogP contribution in [0.2, 0.25) is 0 Å². The summed E-state index contributed by atoms with van der Waals surface area (Å²) in [6.45, 7) is 8.46. The van der Waals surface area contributed by atoms with Gasteiger partial charge in [0.25, 0.3) is 0 Å². The van der Waals surface area contributed by atoms with Crippen LogP contribution in [0.1, 0.15) is 37.8 Å². The summed E-state index contributed by atoms with van der Waals surface area (Å²) < 4.78 is 6.17. The van der Waals surface area contributed by atoms with Gasteiger partial charge in [0.2, 0.25) is 0 Å². The van der Waals surface area contributed by atoms with Crippen LogP contribution in [-0.2, 0) is 13.0 Å². The average Bonchev–Trinajstić information content (AvgIpc) is 2.74. The van der Waals surface area contributed by atoms with Crippen LogP contribution in [0.5, 0.6) is 5.75 Å². The third-order valence-electron chi connectivity index (χ3n) is 4.50. The number of hydrogen-bond donors (Lipinski definition) is 1. The molecular weight excluding hydrogens is 284 g/mol. The molecule has 0 radical (unpaired) electrons. The molecule has 0 bridgehead atoms. The number of nitrogens with zero attached hydrogens (tertiary/aromatic N) is 1. The summed E-state index contributed by atoms with van der Waals surface area (Å²) >= 11 is 0. The summed E-state index contributed by atoms with van der Waals surface area (Å²) in [7, 11) is 0. The van der Waals surface area contributed by atoms with Gasteiger partial charge in [0.1, 0.15) is 11.4 Å². The van der Waals surface area contributed by atoms with Crippen molar-refractivity contribution in [3.05, 3.63) is 29.3 Å². The zero-order valence-electron chi connectivity index (χ0n) is 13.1. The highest BCUT2D eigenvalue weighted by molar-refractivity contribution is 5.85. The van der Waals surface area contributed by atoms with Crippen LogP contribution in [0.3, 0.4) is 0 Å². The molecule has 2 N–H and O–H groups in total. The monoisotopic (exact) mass is 310 g/mol. The maximum Gasteiger partial charge on any atom is 0.127 e. The fraction of sp³-hybridized carbons (Fsp3) is 0.647. The van der Waals surface area contributed by atoms with Crippen molar-refractivity contribution in [2.75, 3.05) is 19.6 Å². The molecule has 0 spiro atoms. The molecular formula is C17H27ClN2O. The Labute approximate surface area is 134 Å². The van der Waals surface area contributed by atoms with Gasteiger partial charge < -0.3 is 10.5 Å². The molecule has 21 heavy (non-hydrogen) atoms. The number of fused-ring (bicyclic) bond motifs is 1. The second-order valence-electron chi connectivity index (χ2n) is 6.92. The number of ether oxygens (including phenoxy) is 1. The number of benzene rings is 1. The Morgan fingerprint density at radius 1 is 1.38 bits per heavy atom. The molecule has 2 heterocycles. The Morgan fingerprint density at radius 3 is 2.95 bits per heavy atom. The first kappa shape index (κ1) is 16.6. The molecule has 1 atom stereocenters. The Morgan fingerprint density at radius 2 is 2.19 bits per heavy atom. The van der Waals surface area contributed by atoms with E-state index in [1.54, 1.807) is 0 Å². The molecule has 3 nitrogen and oxygen atoms in total. The fourth-order valence-corrected chi connectivity index (χ4v) is 3.53. The molecule has 3 rings (SSSR count). The van der Waals surface area contributed by atoms with Crippen molar-refractivity contribution in [2.45, 2.75) is 45.3 Å². The largest absolute Gasteiger partial charge is 0.487 e. The van der Waals surface area contributed by atoms with Crippen LogP contribution in [0.15, 0.2) is 18.2 Å². The first-order valence-corrected chi connectivity index (χ1v) is 7.79. The second kappa shape index (κ2) is 6.55. The summed E-state index contributed by atoms with van der Waals surface area (Å²) in [6, 6.07) is 6.59. The van der Waals surface area contributed by atoms with Crippen LogP contribution in [0.25, 0.3) is 0 Å². The lowest BCUT2D eigenvalue weighted by Crippen LogP contribution is -2.37.